The summed E-state index contributed by atoms with van der Waals surface area (Å²) in [6.45, 7) is 3.78. The van der Waals surface area contributed by atoms with E-state index in [1.165, 1.54) is 42.9 Å². The predicted octanol–water partition coefficient (Wildman–Crippen LogP) is 3.13. The molecule has 1 fully saturated rings. The van der Waals surface area contributed by atoms with Crippen LogP contribution in [0, 0.1) is 12.8 Å². The largest absolute Gasteiger partial charge is 0.310 e. The molecule has 1 amide bonds. The lowest BCUT2D eigenvalue weighted by molar-refractivity contribution is -0.116. The van der Waals surface area contributed by atoms with Crippen molar-refractivity contribution in [3.05, 3.63) is 33.9 Å². The molecule has 2 N–H and O–H groups in total. The van der Waals surface area contributed by atoms with Gasteiger partial charge in [-0.1, -0.05) is 39.0 Å². The Hall–Kier alpha value is -2.44. The number of nitrogens with one attached hydrogen (secondary N) is 2. The highest BCUT2D eigenvalue weighted by Gasteiger charge is 2.17. The van der Waals surface area contributed by atoms with Crippen LogP contribution >= 0.6 is 0 Å². The van der Waals surface area contributed by atoms with Crippen LogP contribution < -0.4 is 10.9 Å². The highest BCUT2D eigenvalue weighted by Crippen LogP contribution is 2.27. The maximum absolute atomic E-state index is 12.4. The number of hydrogen-bond acceptors (Lipinski definition) is 4. The minimum Gasteiger partial charge on any atom is -0.310 e. The first-order valence-corrected chi connectivity index (χ1v) is 9.52. The number of carbonyl (C=O) groups is 1. The molecule has 7 heteroatoms. The van der Waals surface area contributed by atoms with Crippen LogP contribution in [0.25, 0.3) is 5.95 Å². The molecule has 140 valence electrons. The van der Waals surface area contributed by atoms with Crippen molar-refractivity contribution in [2.24, 2.45) is 5.92 Å². The quantitative estimate of drug-likeness (QED) is 0.831. The van der Waals surface area contributed by atoms with Gasteiger partial charge in [-0.15, -0.1) is 0 Å². The van der Waals surface area contributed by atoms with E-state index in [-0.39, 0.29) is 11.5 Å². The van der Waals surface area contributed by atoms with Gasteiger partial charge in [0.2, 0.25) is 11.9 Å². The molecule has 2 heterocycles. The van der Waals surface area contributed by atoms with Crippen molar-refractivity contribution in [3.63, 3.8) is 0 Å². The van der Waals surface area contributed by atoms with Crippen molar-refractivity contribution in [2.75, 3.05) is 5.32 Å². The maximum Gasteiger partial charge on any atom is 0.252 e. The van der Waals surface area contributed by atoms with Crippen LogP contribution in [-0.2, 0) is 11.2 Å². The molecule has 3 rings (SSSR count). The van der Waals surface area contributed by atoms with Crippen molar-refractivity contribution in [2.45, 2.75) is 65.2 Å². The van der Waals surface area contributed by atoms with Gasteiger partial charge in [-0.3, -0.25) is 14.6 Å². The average Bonchev–Trinajstić information content (AvgIpc) is 3.00. The van der Waals surface area contributed by atoms with E-state index in [1.807, 2.05) is 13.8 Å². The first kappa shape index (κ1) is 18.4. The fourth-order valence-electron chi connectivity index (χ4n) is 3.54. The smallest absolute Gasteiger partial charge is 0.252 e. The topological polar surface area (TPSA) is 92.7 Å². The Morgan fingerprint density at radius 1 is 1.31 bits per heavy atom. The average molecular weight is 357 g/mol. The summed E-state index contributed by atoms with van der Waals surface area (Å²) >= 11 is 0. The van der Waals surface area contributed by atoms with E-state index in [2.05, 4.69) is 20.4 Å². The molecule has 1 aliphatic rings. The van der Waals surface area contributed by atoms with Crippen molar-refractivity contribution in [1.29, 1.82) is 0 Å². The van der Waals surface area contributed by atoms with Gasteiger partial charge in [0.25, 0.3) is 5.56 Å². The van der Waals surface area contributed by atoms with Gasteiger partial charge in [-0.2, -0.15) is 9.78 Å². The molecule has 2 aromatic heterocycles. The normalized spacial score (nSPS) is 15.2. The second kappa shape index (κ2) is 8.29. The molecular formula is C19H27N5O2. The Morgan fingerprint density at radius 2 is 2.08 bits per heavy atom. The molecule has 2 aromatic rings. The lowest BCUT2D eigenvalue weighted by Gasteiger charge is -2.21. The third-order valence-corrected chi connectivity index (χ3v) is 4.95. The standard InChI is InChI=1S/C19H27N5O2/c1-3-15-12-18(26)22-19(20-15)24-16(11-13(2)23-24)21-17(25)10-9-14-7-5-4-6-8-14/h11-12,14H,3-10H2,1-2H3,(H,21,25)(H,20,22,26). The fourth-order valence-corrected chi connectivity index (χ4v) is 3.54. The number of nitrogens with zero attached hydrogens (tertiary/aromatic N) is 3. The molecule has 0 bridgehead atoms. The third-order valence-electron chi connectivity index (χ3n) is 4.95. The minimum absolute atomic E-state index is 0.0225. The summed E-state index contributed by atoms with van der Waals surface area (Å²) in [4.78, 5) is 31.3. The summed E-state index contributed by atoms with van der Waals surface area (Å²) in [5, 5.41) is 7.30. The first-order valence-electron chi connectivity index (χ1n) is 9.52. The van der Waals surface area contributed by atoms with E-state index in [0.717, 1.165) is 12.1 Å². The second-order valence-corrected chi connectivity index (χ2v) is 7.09. The zero-order valence-electron chi connectivity index (χ0n) is 15.5. The van der Waals surface area contributed by atoms with E-state index >= 15 is 0 Å². The maximum atomic E-state index is 12.4. The van der Waals surface area contributed by atoms with Gasteiger partial charge in [0.1, 0.15) is 5.82 Å². The number of aromatic amines is 1. The van der Waals surface area contributed by atoms with Crippen LogP contribution in [0.2, 0.25) is 0 Å². The van der Waals surface area contributed by atoms with Crippen molar-refractivity contribution >= 4 is 11.7 Å². The van der Waals surface area contributed by atoms with Crippen LogP contribution in [0.1, 0.15) is 63.3 Å². The number of carbonyl (C=O) groups excluding carboxylic acids is 1. The van der Waals surface area contributed by atoms with Crippen LogP contribution in [0.5, 0.6) is 0 Å². The summed E-state index contributed by atoms with van der Waals surface area (Å²) in [5.41, 5.74) is 1.21. The lowest BCUT2D eigenvalue weighted by atomic mass is 9.86. The monoisotopic (exact) mass is 357 g/mol. The van der Waals surface area contributed by atoms with E-state index in [4.69, 9.17) is 0 Å². The molecule has 26 heavy (non-hydrogen) atoms. The molecule has 0 aromatic carbocycles. The van der Waals surface area contributed by atoms with E-state index in [1.54, 1.807) is 6.07 Å². The molecule has 0 saturated heterocycles. The van der Waals surface area contributed by atoms with Gasteiger partial charge in [-0.25, -0.2) is 4.98 Å². The molecule has 0 unspecified atom stereocenters. The number of aromatic nitrogens is 4. The first-order chi connectivity index (χ1) is 12.5. The van der Waals surface area contributed by atoms with Crippen molar-refractivity contribution in [3.8, 4) is 5.95 Å². The molecule has 7 nitrogen and oxygen atoms in total. The van der Waals surface area contributed by atoms with Crippen LogP contribution in [0.4, 0.5) is 5.82 Å². The van der Waals surface area contributed by atoms with Crippen LogP contribution in [0.3, 0.4) is 0 Å². The molecule has 0 atom stereocenters. The van der Waals surface area contributed by atoms with Gasteiger partial charge < -0.3 is 5.32 Å². The van der Waals surface area contributed by atoms with Crippen LogP contribution in [-0.4, -0.2) is 25.7 Å². The van der Waals surface area contributed by atoms with E-state index in [0.29, 0.717) is 36.2 Å². The van der Waals surface area contributed by atoms with Gasteiger partial charge in [-0.05, 0) is 25.7 Å². The zero-order chi connectivity index (χ0) is 18.5. The number of anilines is 1. The summed E-state index contributed by atoms with van der Waals surface area (Å²) < 4.78 is 1.49. The Morgan fingerprint density at radius 3 is 2.81 bits per heavy atom. The second-order valence-electron chi connectivity index (χ2n) is 7.09. The third kappa shape index (κ3) is 4.59. The Labute approximate surface area is 153 Å². The highest BCUT2D eigenvalue weighted by atomic mass is 16.1. The van der Waals surface area contributed by atoms with Crippen molar-refractivity contribution in [1.82, 2.24) is 19.7 Å². The Balaban J connectivity index is 1.71. The molecule has 0 aliphatic heterocycles. The zero-order valence-corrected chi connectivity index (χ0v) is 15.5. The van der Waals surface area contributed by atoms with Crippen LogP contribution in [0.15, 0.2) is 16.9 Å². The number of rotatable bonds is 6. The molecule has 0 radical (unpaired) electrons. The van der Waals surface area contributed by atoms with Gasteiger partial charge in [0, 0.05) is 24.2 Å². The highest BCUT2D eigenvalue weighted by molar-refractivity contribution is 5.90. The molecular weight excluding hydrogens is 330 g/mol. The summed E-state index contributed by atoms with van der Waals surface area (Å²) in [5.74, 6) is 1.50. The number of aryl methyl sites for hydroxylation is 2. The number of H-pyrrole nitrogens is 1. The fraction of sp³-hybridized carbons (Fsp3) is 0.579. The van der Waals surface area contributed by atoms with Crippen molar-refractivity contribution < 1.29 is 4.79 Å². The summed E-state index contributed by atoms with van der Waals surface area (Å²) in [6.07, 6.45) is 8.45. The molecule has 0 spiro atoms. The van der Waals surface area contributed by atoms with E-state index < -0.39 is 0 Å². The van der Waals surface area contributed by atoms with E-state index in [9.17, 15) is 9.59 Å². The van der Waals surface area contributed by atoms with Gasteiger partial charge in [0.15, 0.2) is 0 Å². The summed E-state index contributed by atoms with van der Waals surface area (Å²) in [7, 11) is 0. The Kier molecular flexibility index (Phi) is 5.85. The van der Waals surface area contributed by atoms with Gasteiger partial charge in [0.05, 0.1) is 5.69 Å². The SMILES string of the molecule is CCc1cc(=O)[nH]c(-n2nc(C)cc2NC(=O)CCC2CCCCC2)n1. The summed E-state index contributed by atoms with van der Waals surface area (Å²) in [6, 6.07) is 3.26. The minimum atomic E-state index is -0.227. The van der Waals surface area contributed by atoms with Gasteiger partial charge >= 0.3 is 0 Å². The number of amides is 1. The Bertz CT molecular complexity index is 818. The lowest BCUT2D eigenvalue weighted by Crippen LogP contribution is -2.20. The molecule has 1 aliphatic carbocycles. The predicted molar refractivity (Wildman–Crippen MR) is 101 cm³/mol. The number of hydrogen-bond donors (Lipinski definition) is 2. The molecule has 1 saturated carbocycles.